The number of benzene rings is 3. The van der Waals surface area contributed by atoms with E-state index in [4.69, 9.17) is 4.74 Å². The van der Waals surface area contributed by atoms with E-state index in [1.807, 2.05) is 74.5 Å². The molecule has 0 aliphatic rings. The number of aryl methyl sites for hydroxylation is 2. The minimum absolute atomic E-state index is 0.361. The molecule has 142 valence electrons. The Morgan fingerprint density at radius 3 is 2.57 bits per heavy atom. The van der Waals surface area contributed by atoms with Gasteiger partial charge in [0.05, 0.1) is 0 Å². The van der Waals surface area contributed by atoms with Crippen LogP contribution in [0, 0.1) is 13.8 Å². The van der Waals surface area contributed by atoms with E-state index in [9.17, 15) is 9.59 Å². The molecule has 0 aliphatic heterocycles. The predicted molar refractivity (Wildman–Crippen MR) is 113 cm³/mol. The second-order valence-corrected chi connectivity index (χ2v) is 6.79. The second kappa shape index (κ2) is 8.53. The molecule has 3 aromatic rings. The molecule has 1 N–H and O–H groups in total. The van der Waals surface area contributed by atoms with Crippen LogP contribution in [0.3, 0.4) is 0 Å². The molecule has 0 saturated carbocycles. The highest BCUT2D eigenvalue weighted by Gasteiger charge is 2.17. The summed E-state index contributed by atoms with van der Waals surface area (Å²) in [6.07, 6.45) is 2.16. The van der Waals surface area contributed by atoms with Crippen molar-refractivity contribution in [2.75, 3.05) is 5.32 Å². The molecule has 0 bridgehead atoms. The fourth-order valence-electron chi connectivity index (χ4n) is 2.93. The van der Waals surface area contributed by atoms with Gasteiger partial charge in [0.25, 0.3) is 5.91 Å². The zero-order valence-corrected chi connectivity index (χ0v) is 16.2. The van der Waals surface area contributed by atoms with E-state index in [1.54, 1.807) is 13.0 Å². The summed E-state index contributed by atoms with van der Waals surface area (Å²) in [5, 5.41) is 4.96. The van der Waals surface area contributed by atoms with Crippen molar-refractivity contribution in [3.8, 4) is 0 Å². The highest BCUT2D eigenvalue weighted by molar-refractivity contribution is 5.98. The minimum Gasteiger partial charge on any atom is -0.449 e. The Bertz CT molecular complexity index is 1050. The molecule has 0 spiro atoms. The molecule has 0 aliphatic carbocycles. The Morgan fingerprint density at radius 2 is 1.75 bits per heavy atom. The maximum Gasteiger partial charge on any atom is 0.331 e. The molecule has 1 amide bonds. The highest BCUT2D eigenvalue weighted by atomic mass is 16.5. The van der Waals surface area contributed by atoms with E-state index in [0.717, 1.165) is 33.2 Å². The molecule has 1 unspecified atom stereocenters. The van der Waals surface area contributed by atoms with Crippen molar-refractivity contribution in [3.63, 3.8) is 0 Å². The van der Waals surface area contributed by atoms with Crippen LogP contribution in [0.5, 0.6) is 0 Å². The lowest BCUT2D eigenvalue weighted by atomic mass is 10.0. The highest BCUT2D eigenvalue weighted by Crippen LogP contribution is 2.20. The standard InChI is InChI=1S/C24H23NO3/c1-16-11-12-17(2)22(15-16)25-24(27)18(3)28-23(26)14-13-20-9-6-8-19-7-4-5-10-21(19)20/h4-15,18H,1-3H3,(H,25,27). The van der Waals surface area contributed by atoms with Gasteiger partial charge >= 0.3 is 5.97 Å². The van der Waals surface area contributed by atoms with E-state index in [0.29, 0.717) is 0 Å². The lowest BCUT2D eigenvalue weighted by Crippen LogP contribution is -2.29. The largest absolute Gasteiger partial charge is 0.449 e. The van der Waals surface area contributed by atoms with Crippen LogP contribution in [-0.2, 0) is 14.3 Å². The van der Waals surface area contributed by atoms with Crippen LogP contribution in [0.2, 0.25) is 0 Å². The summed E-state index contributed by atoms with van der Waals surface area (Å²) in [6, 6.07) is 19.6. The summed E-state index contributed by atoms with van der Waals surface area (Å²) < 4.78 is 5.25. The van der Waals surface area contributed by atoms with Crippen LogP contribution in [0.25, 0.3) is 16.8 Å². The maximum atomic E-state index is 12.3. The topological polar surface area (TPSA) is 55.4 Å². The first-order valence-electron chi connectivity index (χ1n) is 9.18. The normalized spacial score (nSPS) is 12.1. The van der Waals surface area contributed by atoms with Crippen LogP contribution in [0.15, 0.2) is 66.7 Å². The van der Waals surface area contributed by atoms with Crippen molar-refractivity contribution in [3.05, 3.63) is 83.4 Å². The zero-order valence-electron chi connectivity index (χ0n) is 16.2. The number of esters is 1. The summed E-state index contributed by atoms with van der Waals surface area (Å²) in [5.74, 6) is -0.919. The number of hydrogen-bond acceptors (Lipinski definition) is 3. The molecule has 0 fully saturated rings. The first-order chi connectivity index (χ1) is 13.4. The van der Waals surface area contributed by atoms with E-state index in [2.05, 4.69) is 5.32 Å². The lowest BCUT2D eigenvalue weighted by molar-refractivity contribution is -0.148. The van der Waals surface area contributed by atoms with Crippen molar-refractivity contribution in [2.45, 2.75) is 26.9 Å². The van der Waals surface area contributed by atoms with Crippen LogP contribution in [-0.4, -0.2) is 18.0 Å². The Morgan fingerprint density at radius 1 is 1.00 bits per heavy atom. The molecule has 0 heterocycles. The number of rotatable bonds is 5. The number of anilines is 1. The van der Waals surface area contributed by atoms with Gasteiger partial charge in [-0.15, -0.1) is 0 Å². The number of amides is 1. The van der Waals surface area contributed by atoms with E-state index >= 15 is 0 Å². The van der Waals surface area contributed by atoms with Gasteiger partial charge in [0.2, 0.25) is 0 Å². The Hall–Kier alpha value is -3.40. The summed E-state index contributed by atoms with van der Waals surface area (Å²) in [5.41, 5.74) is 3.64. The molecule has 0 aromatic heterocycles. The first kappa shape index (κ1) is 19.4. The van der Waals surface area contributed by atoms with Crippen molar-refractivity contribution in [1.82, 2.24) is 0 Å². The van der Waals surface area contributed by atoms with Crippen molar-refractivity contribution in [2.24, 2.45) is 0 Å². The van der Waals surface area contributed by atoms with Gasteiger partial charge in [-0.05, 0) is 60.4 Å². The quantitative estimate of drug-likeness (QED) is 0.503. The van der Waals surface area contributed by atoms with Crippen LogP contribution >= 0.6 is 0 Å². The van der Waals surface area contributed by atoms with Crippen molar-refractivity contribution < 1.29 is 14.3 Å². The summed E-state index contributed by atoms with van der Waals surface area (Å²) in [6.45, 7) is 5.43. The van der Waals surface area contributed by atoms with E-state index < -0.39 is 12.1 Å². The molecule has 3 aromatic carbocycles. The Labute approximate surface area is 164 Å². The molecule has 0 saturated heterocycles. The SMILES string of the molecule is Cc1ccc(C)c(NC(=O)C(C)OC(=O)C=Cc2cccc3ccccc23)c1. The van der Waals surface area contributed by atoms with E-state index in [-0.39, 0.29) is 5.91 Å². The molecule has 0 radical (unpaired) electrons. The van der Waals surface area contributed by atoms with Crippen LogP contribution in [0.4, 0.5) is 5.69 Å². The predicted octanol–water partition coefficient (Wildman–Crippen LogP) is 5.04. The van der Waals surface area contributed by atoms with Crippen LogP contribution in [0.1, 0.15) is 23.6 Å². The molecule has 3 rings (SSSR count). The van der Waals surface area contributed by atoms with Gasteiger partial charge < -0.3 is 10.1 Å². The van der Waals surface area contributed by atoms with Gasteiger partial charge in [0, 0.05) is 11.8 Å². The minimum atomic E-state index is -0.899. The molecule has 1 atom stereocenters. The zero-order chi connectivity index (χ0) is 20.1. The van der Waals surface area contributed by atoms with Gasteiger partial charge in [-0.2, -0.15) is 0 Å². The van der Waals surface area contributed by atoms with Gasteiger partial charge in [0.1, 0.15) is 0 Å². The van der Waals surface area contributed by atoms with Crippen LogP contribution < -0.4 is 5.32 Å². The van der Waals surface area contributed by atoms with Gasteiger partial charge in [-0.1, -0.05) is 54.6 Å². The Balaban J connectivity index is 1.64. The molecular formula is C24H23NO3. The maximum absolute atomic E-state index is 12.3. The summed E-state index contributed by atoms with van der Waals surface area (Å²) in [7, 11) is 0. The number of carbonyl (C=O) groups excluding carboxylic acids is 2. The smallest absolute Gasteiger partial charge is 0.331 e. The van der Waals surface area contributed by atoms with Gasteiger partial charge in [-0.3, -0.25) is 4.79 Å². The average Bonchev–Trinajstić information content (AvgIpc) is 2.69. The van der Waals surface area contributed by atoms with Crippen molar-refractivity contribution in [1.29, 1.82) is 0 Å². The van der Waals surface area contributed by atoms with Crippen molar-refractivity contribution >= 4 is 34.4 Å². The number of fused-ring (bicyclic) bond motifs is 1. The first-order valence-corrected chi connectivity index (χ1v) is 9.18. The fourth-order valence-corrected chi connectivity index (χ4v) is 2.93. The molecular weight excluding hydrogens is 350 g/mol. The monoisotopic (exact) mass is 373 g/mol. The third kappa shape index (κ3) is 4.65. The molecule has 28 heavy (non-hydrogen) atoms. The summed E-state index contributed by atoms with van der Waals surface area (Å²) >= 11 is 0. The average molecular weight is 373 g/mol. The number of hydrogen-bond donors (Lipinski definition) is 1. The number of ether oxygens (including phenoxy) is 1. The van der Waals surface area contributed by atoms with Gasteiger partial charge in [-0.25, -0.2) is 4.79 Å². The summed E-state index contributed by atoms with van der Waals surface area (Å²) in [4.78, 5) is 24.5. The Kier molecular flexibility index (Phi) is 5.90. The van der Waals surface area contributed by atoms with E-state index in [1.165, 1.54) is 6.08 Å². The lowest BCUT2D eigenvalue weighted by Gasteiger charge is -2.14. The third-order valence-corrected chi connectivity index (χ3v) is 4.54. The molecule has 4 heteroatoms. The third-order valence-electron chi connectivity index (χ3n) is 4.54. The molecule has 4 nitrogen and oxygen atoms in total. The second-order valence-electron chi connectivity index (χ2n) is 6.79. The van der Waals surface area contributed by atoms with Gasteiger partial charge in [0.15, 0.2) is 6.10 Å². The number of carbonyl (C=O) groups is 2. The fraction of sp³-hybridized carbons (Fsp3) is 0.167. The number of nitrogens with one attached hydrogen (secondary N) is 1.